The van der Waals surface area contributed by atoms with Crippen LogP contribution in [0.5, 0.6) is 0 Å². The molecule has 0 aliphatic heterocycles. The van der Waals surface area contributed by atoms with E-state index in [-0.39, 0.29) is 11.5 Å². The van der Waals surface area contributed by atoms with Crippen LogP contribution in [-0.2, 0) is 4.84 Å². The van der Waals surface area contributed by atoms with E-state index in [0.717, 1.165) is 0 Å². The van der Waals surface area contributed by atoms with Gasteiger partial charge in [0.2, 0.25) is 5.71 Å². The molecule has 7 heteroatoms. The lowest BCUT2D eigenvalue weighted by molar-refractivity contribution is 0.0642. The van der Waals surface area contributed by atoms with Crippen molar-refractivity contribution in [1.29, 1.82) is 5.26 Å². The van der Waals surface area contributed by atoms with E-state index in [0.29, 0.717) is 0 Å². The number of rotatable bonds is 3. The maximum absolute atomic E-state index is 11.3. The monoisotopic (exact) mass is 178 g/mol. The molecule has 0 aliphatic carbocycles. The van der Waals surface area contributed by atoms with Crippen LogP contribution < -0.4 is 5.73 Å². The SMILES string of the molecule is N#CC(=N\OCF)/C(N)=N/Cl. The molecule has 0 radical (unpaired) electrons. The molecule has 0 aromatic rings. The molecule has 11 heavy (non-hydrogen) atoms. The maximum atomic E-state index is 11.3. The molecule has 0 rings (SSSR count). The van der Waals surface area contributed by atoms with E-state index in [4.69, 9.17) is 22.8 Å². The summed E-state index contributed by atoms with van der Waals surface area (Å²) in [5.74, 6) is -0.317. The second-order valence-electron chi connectivity index (χ2n) is 1.26. The molecule has 0 aromatic carbocycles. The number of alkyl halides is 1. The molecular weight excluding hydrogens is 175 g/mol. The molecule has 0 spiro atoms. The topological polar surface area (TPSA) is 83.8 Å². The van der Waals surface area contributed by atoms with E-state index in [1.165, 1.54) is 6.07 Å². The third-order valence-corrected chi connectivity index (χ3v) is 0.826. The Kier molecular flexibility index (Phi) is 4.77. The summed E-state index contributed by atoms with van der Waals surface area (Å²) in [4.78, 5) is 3.89. The second-order valence-corrected chi connectivity index (χ2v) is 1.43. The van der Waals surface area contributed by atoms with E-state index in [2.05, 4.69) is 14.5 Å². The smallest absolute Gasteiger partial charge is 0.255 e. The quantitative estimate of drug-likeness (QED) is 0.384. The highest BCUT2D eigenvalue weighted by Gasteiger charge is 2.03. The van der Waals surface area contributed by atoms with Gasteiger partial charge in [-0.3, -0.25) is 0 Å². The first-order valence-corrected chi connectivity index (χ1v) is 2.71. The van der Waals surface area contributed by atoms with Crippen molar-refractivity contribution >= 4 is 23.3 Å². The molecule has 0 amide bonds. The third-order valence-electron chi connectivity index (χ3n) is 0.644. The molecule has 5 nitrogen and oxygen atoms in total. The van der Waals surface area contributed by atoms with Crippen LogP contribution in [0.15, 0.2) is 9.67 Å². The van der Waals surface area contributed by atoms with E-state index in [1.807, 2.05) is 0 Å². The molecule has 0 bridgehead atoms. The summed E-state index contributed by atoms with van der Waals surface area (Å²) < 4.78 is 14.2. The Labute approximate surface area is 67.0 Å². The first-order valence-electron chi connectivity index (χ1n) is 2.37. The van der Waals surface area contributed by atoms with Crippen molar-refractivity contribution in [2.45, 2.75) is 0 Å². The van der Waals surface area contributed by atoms with Crippen LogP contribution in [0.3, 0.4) is 0 Å². The average Bonchev–Trinajstić information content (AvgIpc) is 2.05. The summed E-state index contributed by atoms with van der Waals surface area (Å²) >= 11 is 4.89. The maximum Gasteiger partial charge on any atom is 0.255 e. The van der Waals surface area contributed by atoms with Crippen LogP contribution in [-0.4, -0.2) is 18.4 Å². The van der Waals surface area contributed by atoms with E-state index < -0.39 is 6.86 Å². The first-order chi connectivity index (χ1) is 5.26. The molecular formula is C4H4ClFN4O. The molecule has 0 fully saturated rings. The first kappa shape index (κ1) is 9.65. The number of amidine groups is 1. The van der Waals surface area contributed by atoms with Gasteiger partial charge >= 0.3 is 0 Å². The Morgan fingerprint density at radius 3 is 2.82 bits per heavy atom. The van der Waals surface area contributed by atoms with Crippen molar-refractivity contribution in [3.8, 4) is 6.07 Å². The van der Waals surface area contributed by atoms with E-state index in [9.17, 15) is 4.39 Å². The van der Waals surface area contributed by atoms with E-state index >= 15 is 0 Å². The summed E-state index contributed by atoms with van der Waals surface area (Å²) in [6.45, 7) is -1.14. The van der Waals surface area contributed by atoms with Crippen LogP contribution in [0.2, 0.25) is 0 Å². The van der Waals surface area contributed by atoms with Gasteiger partial charge in [-0.2, -0.15) is 9.77 Å². The second kappa shape index (κ2) is 5.44. The predicted octanol–water partition coefficient (Wildman–Crippen LogP) is 0.321. The van der Waals surface area contributed by atoms with Gasteiger partial charge in [0.15, 0.2) is 5.84 Å². The Morgan fingerprint density at radius 1 is 1.82 bits per heavy atom. The Balaban J connectivity index is 4.31. The molecule has 0 aromatic heterocycles. The summed E-state index contributed by atoms with van der Waals surface area (Å²) in [6, 6.07) is 1.51. The predicted molar refractivity (Wildman–Crippen MR) is 37.6 cm³/mol. The van der Waals surface area contributed by atoms with Gasteiger partial charge < -0.3 is 10.6 Å². The zero-order valence-electron chi connectivity index (χ0n) is 5.29. The zero-order valence-corrected chi connectivity index (χ0v) is 6.05. The van der Waals surface area contributed by atoms with Gasteiger partial charge in [0, 0.05) is 11.8 Å². The fourth-order valence-electron chi connectivity index (χ4n) is 0.253. The van der Waals surface area contributed by atoms with Crippen molar-refractivity contribution < 1.29 is 9.23 Å². The summed E-state index contributed by atoms with van der Waals surface area (Å²) in [5.41, 5.74) is 4.67. The lowest BCUT2D eigenvalue weighted by atomic mass is 10.4. The molecule has 0 unspecified atom stereocenters. The van der Waals surface area contributed by atoms with Crippen LogP contribution in [0, 0.1) is 11.3 Å². The third kappa shape index (κ3) is 3.37. The standard InChI is InChI=1S/C4H4ClFN4O/c5-9-4(8)3(1-7)10-11-2-6/h2H2,(H2,8,9)/b10-3+. The van der Waals surface area contributed by atoms with Gasteiger partial charge in [-0.15, -0.1) is 0 Å². The van der Waals surface area contributed by atoms with Crippen molar-refractivity contribution in [3.05, 3.63) is 0 Å². The summed E-state index contributed by atoms with van der Waals surface area (Å²) in [7, 11) is 0. The fraction of sp³-hybridized carbons (Fsp3) is 0.250. The largest absolute Gasteiger partial charge is 0.380 e. The van der Waals surface area contributed by atoms with Gasteiger partial charge in [0.05, 0.1) is 0 Å². The molecule has 0 saturated heterocycles. The highest BCUT2D eigenvalue weighted by Crippen LogP contribution is 1.85. The lowest BCUT2D eigenvalue weighted by Crippen LogP contribution is -2.21. The number of nitrogens with two attached hydrogens (primary N) is 1. The molecule has 2 N–H and O–H groups in total. The van der Waals surface area contributed by atoms with Gasteiger partial charge in [-0.25, -0.2) is 4.39 Å². The van der Waals surface area contributed by atoms with Crippen LogP contribution in [0.4, 0.5) is 4.39 Å². The minimum Gasteiger partial charge on any atom is -0.380 e. The van der Waals surface area contributed by atoms with Crippen molar-refractivity contribution in [1.82, 2.24) is 0 Å². The molecule has 60 valence electrons. The van der Waals surface area contributed by atoms with Crippen LogP contribution >= 0.6 is 11.8 Å². The van der Waals surface area contributed by atoms with Gasteiger partial charge in [0.1, 0.15) is 6.07 Å². The number of nitrogens with zero attached hydrogens (tertiary/aromatic N) is 3. The average molecular weight is 179 g/mol. The van der Waals surface area contributed by atoms with Gasteiger partial charge in [-0.1, -0.05) is 5.16 Å². The minimum absolute atomic E-state index is 0.317. The Hall–Kier alpha value is -1.35. The van der Waals surface area contributed by atoms with Crippen molar-refractivity contribution in [2.24, 2.45) is 15.4 Å². The number of hydrogen-bond donors (Lipinski definition) is 1. The summed E-state index contributed by atoms with van der Waals surface area (Å²) in [5, 5.41) is 11.2. The molecule has 0 atom stereocenters. The lowest BCUT2D eigenvalue weighted by Gasteiger charge is -1.92. The number of hydrogen-bond acceptors (Lipinski definition) is 4. The number of halogens is 2. The Morgan fingerprint density at radius 2 is 2.45 bits per heavy atom. The van der Waals surface area contributed by atoms with Crippen molar-refractivity contribution in [2.75, 3.05) is 6.86 Å². The Bertz CT molecular complexity index is 221. The fourth-order valence-corrected chi connectivity index (χ4v) is 0.333. The van der Waals surface area contributed by atoms with Gasteiger partial charge in [0.25, 0.3) is 6.86 Å². The highest BCUT2D eigenvalue weighted by molar-refractivity contribution is 6.49. The molecule has 0 saturated carbocycles. The van der Waals surface area contributed by atoms with Gasteiger partial charge in [-0.05, 0) is 0 Å². The normalized spacial score (nSPS) is 12.5. The van der Waals surface area contributed by atoms with Crippen LogP contribution in [0.1, 0.15) is 0 Å². The zero-order chi connectivity index (χ0) is 8.69. The van der Waals surface area contributed by atoms with Crippen LogP contribution in [0.25, 0.3) is 0 Å². The molecule has 0 aliphatic rings. The van der Waals surface area contributed by atoms with Crippen molar-refractivity contribution in [3.63, 3.8) is 0 Å². The highest BCUT2D eigenvalue weighted by atomic mass is 35.5. The molecule has 0 heterocycles. The summed E-state index contributed by atoms with van der Waals surface area (Å²) in [6.07, 6.45) is 0. The number of nitriles is 1. The van der Waals surface area contributed by atoms with E-state index in [1.54, 1.807) is 0 Å². The number of oxime groups is 1. The minimum atomic E-state index is -1.14.